The van der Waals surface area contributed by atoms with Crippen molar-refractivity contribution in [3.63, 3.8) is 0 Å². The maximum atomic E-state index is 5.75. The van der Waals surface area contributed by atoms with Crippen molar-refractivity contribution in [2.75, 3.05) is 24.8 Å². The lowest BCUT2D eigenvalue weighted by Gasteiger charge is -2.35. The summed E-state index contributed by atoms with van der Waals surface area (Å²) in [6.07, 6.45) is 3.78. The Hall–Kier alpha value is -1.36. The quantitative estimate of drug-likeness (QED) is 0.829. The molecular weight excluding hydrogens is 204 g/mol. The van der Waals surface area contributed by atoms with Crippen molar-refractivity contribution in [3.8, 4) is 0 Å². The predicted molar refractivity (Wildman–Crippen MR) is 63.2 cm³/mol. The lowest BCUT2D eigenvalue weighted by molar-refractivity contribution is 0.178. The highest BCUT2D eigenvalue weighted by atomic mass is 16.5. The Morgan fingerprint density at radius 3 is 2.81 bits per heavy atom. The highest BCUT2D eigenvalue weighted by Gasteiger charge is 2.23. The van der Waals surface area contributed by atoms with E-state index in [1.807, 2.05) is 6.07 Å². The van der Waals surface area contributed by atoms with Crippen LogP contribution >= 0.6 is 0 Å². The van der Waals surface area contributed by atoms with Gasteiger partial charge in [0.05, 0.1) is 0 Å². The standard InChI is InChI=1S/C11H18N4O/c1-15(8-4-3-5-8)11-6-9(12)13-10(14-11)7-16-2/h6,8H,3-5,7H2,1-2H3,(H2,12,13,14). The smallest absolute Gasteiger partial charge is 0.158 e. The van der Waals surface area contributed by atoms with Crippen LogP contribution in [-0.2, 0) is 11.3 Å². The molecule has 5 nitrogen and oxygen atoms in total. The maximum absolute atomic E-state index is 5.75. The number of ether oxygens (including phenoxy) is 1. The van der Waals surface area contributed by atoms with Crippen molar-refractivity contribution in [2.24, 2.45) is 0 Å². The number of aromatic nitrogens is 2. The second kappa shape index (κ2) is 4.65. The Balaban J connectivity index is 2.18. The van der Waals surface area contributed by atoms with Crippen LogP contribution in [0.4, 0.5) is 11.6 Å². The highest BCUT2D eigenvalue weighted by molar-refractivity contribution is 5.47. The molecule has 1 fully saturated rings. The summed E-state index contributed by atoms with van der Waals surface area (Å²) < 4.78 is 5.02. The highest BCUT2D eigenvalue weighted by Crippen LogP contribution is 2.27. The van der Waals surface area contributed by atoms with Crippen molar-refractivity contribution in [3.05, 3.63) is 11.9 Å². The Labute approximate surface area is 95.6 Å². The Morgan fingerprint density at radius 2 is 2.25 bits per heavy atom. The van der Waals surface area contributed by atoms with Crippen LogP contribution in [0.5, 0.6) is 0 Å². The molecular formula is C11H18N4O. The first kappa shape index (κ1) is 11.1. The average Bonchev–Trinajstić information content (AvgIpc) is 2.14. The van der Waals surface area contributed by atoms with E-state index in [0.717, 1.165) is 5.82 Å². The summed E-state index contributed by atoms with van der Waals surface area (Å²) in [5.74, 6) is 2.04. The zero-order valence-electron chi connectivity index (χ0n) is 9.81. The van der Waals surface area contributed by atoms with Crippen molar-refractivity contribution in [1.82, 2.24) is 9.97 Å². The minimum Gasteiger partial charge on any atom is -0.384 e. The normalized spacial score (nSPS) is 15.9. The molecule has 0 radical (unpaired) electrons. The zero-order valence-corrected chi connectivity index (χ0v) is 9.81. The molecule has 88 valence electrons. The average molecular weight is 222 g/mol. The molecule has 1 aromatic heterocycles. The topological polar surface area (TPSA) is 64.3 Å². The zero-order chi connectivity index (χ0) is 11.5. The van der Waals surface area contributed by atoms with Crippen LogP contribution in [0.25, 0.3) is 0 Å². The largest absolute Gasteiger partial charge is 0.384 e. The summed E-state index contributed by atoms with van der Waals surface area (Å²) in [5, 5.41) is 0. The number of nitrogens with zero attached hydrogens (tertiary/aromatic N) is 3. The number of hydrogen-bond donors (Lipinski definition) is 1. The van der Waals surface area contributed by atoms with Gasteiger partial charge in [0.2, 0.25) is 0 Å². The van der Waals surface area contributed by atoms with Gasteiger partial charge in [0, 0.05) is 26.3 Å². The number of methoxy groups -OCH3 is 1. The lowest BCUT2D eigenvalue weighted by Crippen LogP contribution is -2.37. The van der Waals surface area contributed by atoms with Crippen LogP contribution in [-0.4, -0.2) is 30.2 Å². The van der Waals surface area contributed by atoms with Crippen molar-refractivity contribution in [1.29, 1.82) is 0 Å². The van der Waals surface area contributed by atoms with E-state index in [-0.39, 0.29) is 0 Å². The molecule has 1 saturated carbocycles. The van der Waals surface area contributed by atoms with E-state index in [1.54, 1.807) is 7.11 Å². The lowest BCUT2D eigenvalue weighted by atomic mass is 9.92. The summed E-state index contributed by atoms with van der Waals surface area (Å²) in [7, 11) is 3.68. The molecule has 0 spiro atoms. The molecule has 1 aromatic rings. The van der Waals surface area contributed by atoms with E-state index in [1.165, 1.54) is 19.3 Å². The number of rotatable bonds is 4. The van der Waals surface area contributed by atoms with Crippen molar-refractivity contribution < 1.29 is 4.74 Å². The van der Waals surface area contributed by atoms with Crippen LogP contribution in [0.2, 0.25) is 0 Å². The Morgan fingerprint density at radius 1 is 1.50 bits per heavy atom. The van der Waals surface area contributed by atoms with E-state index >= 15 is 0 Å². The first-order chi connectivity index (χ1) is 7.70. The molecule has 0 aromatic carbocycles. The molecule has 0 amide bonds. The minimum absolute atomic E-state index is 0.399. The summed E-state index contributed by atoms with van der Waals surface area (Å²) in [6, 6.07) is 2.42. The third-order valence-corrected chi connectivity index (χ3v) is 3.04. The fourth-order valence-corrected chi connectivity index (χ4v) is 1.84. The Bertz CT molecular complexity index is 365. The van der Waals surface area contributed by atoms with Gasteiger partial charge < -0.3 is 15.4 Å². The fourth-order valence-electron chi connectivity index (χ4n) is 1.84. The second-order valence-corrected chi connectivity index (χ2v) is 4.20. The fraction of sp³-hybridized carbons (Fsp3) is 0.636. The molecule has 0 saturated heterocycles. The Kier molecular flexibility index (Phi) is 3.24. The van der Waals surface area contributed by atoms with Crippen LogP contribution < -0.4 is 10.6 Å². The van der Waals surface area contributed by atoms with E-state index in [9.17, 15) is 0 Å². The summed E-state index contributed by atoms with van der Waals surface area (Å²) >= 11 is 0. The number of nitrogen functional groups attached to an aromatic ring is 1. The van der Waals surface area contributed by atoms with Gasteiger partial charge in [-0.05, 0) is 19.3 Å². The second-order valence-electron chi connectivity index (χ2n) is 4.20. The molecule has 1 heterocycles. The number of nitrogens with two attached hydrogens (primary N) is 1. The summed E-state index contributed by atoms with van der Waals surface area (Å²) in [5.41, 5.74) is 5.75. The van der Waals surface area contributed by atoms with Crippen LogP contribution in [0.15, 0.2) is 6.07 Å². The van der Waals surface area contributed by atoms with E-state index < -0.39 is 0 Å². The van der Waals surface area contributed by atoms with Crippen LogP contribution in [0.3, 0.4) is 0 Å². The number of hydrogen-bond acceptors (Lipinski definition) is 5. The van der Waals surface area contributed by atoms with Crippen molar-refractivity contribution in [2.45, 2.75) is 31.9 Å². The molecule has 2 N–H and O–H groups in total. The molecule has 0 unspecified atom stereocenters. The molecule has 0 aliphatic heterocycles. The van der Waals surface area contributed by atoms with Crippen LogP contribution in [0, 0.1) is 0 Å². The third kappa shape index (κ3) is 2.24. The van der Waals surface area contributed by atoms with Gasteiger partial charge in [0.15, 0.2) is 5.82 Å². The van der Waals surface area contributed by atoms with Crippen LogP contribution in [0.1, 0.15) is 25.1 Å². The van der Waals surface area contributed by atoms with E-state index in [0.29, 0.717) is 24.3 Å². The predicted octanol–water partition coefficient (Wildman–Crippen LogP) is 1.19. The van der Waals surface area contributed by atoms with Gasteiger partial charge >= 0.3 is 0 Å². The maximum Gasteiger partial charge on any atom is 0.158 e. The van der Waals surface area contributed by atoms with Gasteiger partial charge in [-0.25, -0.2) is 9.97 Å². The van der Waals surface area contributed by atoms with Gasteiger partial charge in [-0.2, -0.15) is 0 Å². The van der Waals surface area contributed by atoms with Crippen molar-refractivity contribution >= 4 is 11.6 Å². The van der Waals surface area contributed by atoms with Gasteiger partial charge in [-0.3, -0.25) is 0 Å². The number of anilines is 2. The van der Waals surface area contributed by atoms with E-state index in [4.69, 9.17) is 10.5 Å². The van der Waals surface area contributed by atoms with Gasteiger partial charge in [-0.1, -0.05) is 0 Å². The molecule has 0 atom stereocenters. The first-order valence-electron chi connectivity index (χ1n) is 5.56. The van der Waals surface area contributed by atoms with E-state index in [2.05, 4.69) is 21.9 Å². The van der Waals surface area contributed by atoms with Gasteiger partial charge in [-0.15, -0.1) is 0 Å². The first-order valence-corrected chi connectivity index (χ1v) is 5.56. The molecule has 1 aliphatic carbocycles. The minimum atomic E-state index is 0.399. The summed E-state index contributed by atoms with van der Waals surface area (Å²) in [6.45, 7) is 0.399. The summed E-state index contributed by atoms with van der Waals surface area (Å²) in [4.78, 5) is 10.7. The monoisotopic (exact) mass is 222 g/mol. The molecule has 1 aliphatic rings. The van der Waals surface area contributed by atoms with Gasteiger partial charge in [0.25, 0.3) is 0 Å². The molecule has 5 heteroatoms. The van der Waals surface area contributed by atoms with Gasteiger partial charge in [0.1, 0.15) is 18.2 Å². The molecule has 0 bridgehead atoms. The third-order valence-electron chi connectivity index (χ3n) is 3.04. The molecule has 16 heavy (non-hydrogen) atoms. The SMILES string of the molecule is COCc1nc(N)cc(N(C)C2CCC2)n1. The molecule has 2 rings (SSSR count).